The molecule has 0 aromatic rings. The first-order valence-electron chi connectivity index (χ1n) is 8.00. The summed E-state index contributed by atoms with van der Waals surface area (Å²) in [7, 11) is 0. The van der Waals surface area contributed by atoms with Crippen LogP contribution in [0.4, 0.5) is 0 Å². The van der Waals surface area contributed by atoms with E-state index in [2.05, 4.69) is 33.5 Å². The first-order chi connectivity index (χ1) is 11.6. The summed E-state index contributed by atoms with van der Waals surface area (Å²) in [5, 5.41) is 7.00. The molecule has 1 aliphatic heterocycles. The van der Waals surface area contributed by atoms with Gasteiger partial charge in [0.15, 0.2) is 5.84 Å². The molecule has 0 fully saturated rings. The van der Waals surface area contributed by atoms with E-state index < -0.39 is 0 Å². The predicted molar refractivity (Wildman–Crippen MR) is 99.7 cm³/mol. The molecule has 0 saturated carbocycles. The van der Waals surface area contributed by atoms with Crippen molar-refractivity contribution in [3.63, 3.8) is 0 Å². The van der Waals surface area contributed by atoms with Crippen LogP contribution >= 0.6 is 0 Å². The maximum Gasteiger partial charge on any atom is 0.220 e. The maximum absolute atomic E-state index is 11.9. The van der Waals surface area contributed by atoms with E-state index >= 15 is 0 Å². The highest BCUT2D eigenvalue weighted by atomic mass is 16.1. The van der Waals surface area contributed by atoms with E-state index in [1.54, 1.807) is 6.08 Å². The van der Waals surface area contributed by atoms with Crippen molar-refractivity contribution in [2.75, 3.05) is 0 Å². The highest BCUT2D eigenvalue weighted by Gasteiger charge is 2.08. The lowest BCUT2D eigenvalue weighted by Gasteiger charge is -2.09. The minimum Gasteiger partial charge on any atom is -0.350 e. The number of nitrogens with one attached hydrogen (secondary N) is 4. The lowest BCUT2D eigenvalue weighted by Crippen LogP contribution is -2.35. The monoisotopic (exact) mass is 329 g/mol. The molecule has 0 aliphatic carbocycles. The van der Waals surface area contributed by atoms with Crippen molar-refractivity contribution in [3.05, 3.63) is 60.3 Å². The topological polar surface area (TPSA) is 77.5 Å². The van der Waals surface area contributed by atoms with Crippen molar-refractivity contribution in [2.45, 2.75) is 39.7 Å². The van der Waals surface area contributed by atoms with Gasteiger partial charge in [-0.05, 0) is 27.2 Å². The molecule has 6 nitrogen and oxygen atoms in total. The number of nitrogens with zero attached hydrogens (tertiary/aromatic N) is 1. The molecule has 6 heteroatoms. The Balaban J connectivity index is 2.39. The Labute approximate surface area is 144 Å². The van der Waals surface area contributed by atoms with Gasteiger partial charge in [-0.25, -0.2) is 5.53 Å². The van der Waals surface area contributed by atoms with Crippen LogP contribution in [0.15, 0.2) is 65.4 Å². The van der Waals surface area contributed by atoms with Gasteiger partial charge in [0.2, 0.25) is 5.91 Å². The summed E-state index contributed by atoms with van der Waals surface area (Å²) in [6, 6.07) is -0.0545. The lowest BCUT2D eigenvalue weighted by molar-refractivity contribution is -0.121. The van der Waals surface area contributed by atoms with Gasteiger partial charge in [-0.1, -0.05) is 54.7 Å². The minimum atomic E-state index is -0.0545. The highest BCUT2D eigenvalue weighted by molar-refractivity contribution is 6.00. The number of carbonyl (C=O) groups is 1. The number of hydrogen-bond acceptors (Lipinski definition) is 5. The Bertz CT molecular complexity index is 584. The van der Waals surface area contributed by atoms with E-state index in [0.717, 1.165) is 11.1 Å². The van der Waals surface area contributed by atoms with Crippen molar-refractivity contribution in [2.24, 2.45) is 5.10 Å². The van der Waals surface area contributed by atoms with Crippen molar-refractivity contribution in [3.8, 4) is 0 Å². The second-order valence-electron chi connectivity index (χ2n) is 5.36. The molecule has 1 atom stereocenters. The fourth-order valence-electron chi connectivity index (χ4n) is 1.99. The largest absolute Gasteiger partial charge is 0.350 e. The summed E-state index contributed by atoms with van der Waals surface area (Å²) in [5.41, 5.74) is 10.3. The van der Waals surface area contributed by atoms with Gasteiger partial charge in [0, 0.05) is 18.0 Å². The highest BCUT2D eigenvalue weighted by Crippen LogP contribution is 2.03. The molecule has 0 unspecified atom stereocenters. The van der Waals surface area contributed by atoms with Crippen molar-refractivity contribution < 1.29 is 4.79 Å². The van der Waals surface area contributed by atoms with Crippen LogP contribution in [0.2, 0.25) is 0 Å². The number of carbonyl (C=O) groups excluding carboxylic acids is 1. The van der Waals surface area contributed by atoms with Crippen molar-refractivity contribution in [1.29, 1.82) is 0 Å². The summed E-state index contributed by atoms with van der Waals surface area (Å²) >= 11 is 0. The van der Waals surface area contributed by atoms with E-state index in [1.165, 1.54) is 0 Å². The number of rotatable bonds is 9. The molecule has 1 rings (SSSR count). The van der Waals surface area contributed by atoms with Crippen molar-refractivity contribution >= 4 is 11.7 Å². The molecule has 0 bridgehead atoms. The van der Waals surface area contributed by atoms with Gasteiger partial charge >= 0.3 is 0 Å². The molecule has 1 amide bonds. The zero-order valence-electron chi connectivity index (χ0n) is 14.6. The lowest BCUT2D eigenvalue weighted by atomic mass is 10.1. The Kier molecular flexibility index (Phi) is 8.93. The van der Waals surface area contributed by atoms with Crippen LogP contribution in [0.25, 0.3) is 0 Å². The minimum absolute atomic E-state index is 0.0330. The van der Waals surface area contributed by atoms with Crippen LogP contribution < -0.4 is 21.8 Å². The quantitative estimate of drug-likeness (QED) is 0.490. The summed E-state index contributed by atoms with van der Waals surface area (Å²) in [6.07, 6.45) is 14.6. The van der Waals surface area contributed by atoms with E-state index in [0.29, 0.717) is 18.7 Å². The molecule has 24 heavy (non-hydrogen) atoms. The van der Waals surface area contributed by atoms with Gasteiger partial charge in [0.1, 0.15) is 0 Å². The first-order valence-corrected chi connectivity index (χ1v) is 8.00. The molecule has 0 aromatic heterocycles. The Morgan fingerprint density at radius 2 is 2.21 bits per heavy atom. The number of hydrogen-bond donors (Lipinski definition) is 4. The van der Waals surface area contributed by atoms with Crippen LogP contribution in [-0.4, -0.2) is 17.8 Å². The molecule has 4 N–H and O–H groups in total. The number of hydrazone groups is 1. The number of amidine groups is 1. The van der Waals surface area contributed by atoms with E-state index in [1.807, 2.05) is 57.2 Å². The van der Waals surface area contributed by atoms with Gasteiger partial charge in [-0.3, -0.25) is 10.2 Å². The second kappa shape index (κ2) is 11.0. The molecule has 0 aromatic carbocycles. The van der Waals surface area contributed by atoms with Gasteiger partial charge in [-0.15, -0.1) is 10.6 Å². The molecule has 0 saturated heterocycles. The first kappa shape index (κ1) is 19.4. The molecule has 1 heterocycles. The number of hydrazine groups is 2. The summed E-state index contributed by atoms with van der Waals surface area (Å²) in [5.74, 6) is 0.742. The molecule has 130 valence electrons. The summed E-state index contributed by atoms with van der Waals surface area (Å²) in [4.78, 5) is 11.9. The third kappa shape index (κ3) is 7.60. The predicted octanol–water partition coefficient (Wildman–Crippen LogP) is 2.39. The smallest absolute Gasteiger partial charge is 0.220 e. The molecular weight excluding hydrogens is 302 g/mol. The van der Waals surface area contributed by atoms with E-state index in [-0.39, 0.29) is 11.9 Å². The zero-order chi connectivity index (χ0) is 17.8. The number of allylic oxidation sites excluding steroid dienone is 6. The summed E-state index contributed by atoms with van der Waals surface area (Å²) in [6.45, 7) is 9.51. The van der Waals surface area contributed by atoms with Crippen LogP contribution in [0.3, 0.4) is 0 Å². The van der Waals surface area contributed by atoms with Crippen LogP contribution in [0.5, 0.6) is 0 Å². The molecule has 0 spiro atoms. The molecular formula is C18H27N5O. The second-order valence-corrected chi connectivity index (χ2v) is 5.36. The van der Waals surface area contributed by atoms with Crippen LogP contribution in [-0.2, 0) is 4.79 Å². The fraction of sp³-hybridized carbons (Fsp3) is 0.333. The Hall–Kier alpha value is -2.60. The molecule has 0 radical (unpaired) electrons. The Morgan fingerprint density at radius 3 is 2.83 bits per heavy atom. The molecule has 1 aliphatic rings. The van der Waals surface area contributed by atoms with Gasteiger partial charge in [-0.2, -0.15) is 0 Å². The van der Waals surface area contributed by atoms with Crippen molar-refractivity contribution in [1.82, 2.24) is 21.8 Å². The third-order valence-electron chi connectivity index (χ3n) is 3.27. The Morgan fingerprint density at radius 1 is 1.42 bits per heavy atom. The SMILES string of the molecule is C=C/C=C\C(C)=C\CCC(=O)N[C@@H](C)/C=C\C(=C/C)C1=NNNN1. The average molecular weight is 329 g/mol. The third-order valence-corrected chi connectivity index (χ3v) is 3.27. The standard InChI is InChI=1S/C18H27N5O/c1-5-7-9-14(3)10-8-11-17(24)19-15(4)12-13-16(6-2)18-20-22-23-21-18/h5-7,9-10,12-13,15,22-23H,1,8,11H2,2-4H3,(H,19,24)(H,20,21)/b9-7-,13-12-,14-10+,16-6+/t15-/m0/s1. The normalized spacial score (nSPS) is 16.7. The zero-order valence-corrected chi connectivity index (χ0v) is 14.6. The maximum atomic E-state index is 11.9. The summed E-state index contributed by atoms with van der Waals surface area (Å²) < 4.78 is 0. The average Bonchev–Trinajstić information content (AvgIpc) is 3.07. The fourth-order valence-corrected chi connectivity index (χ4v) is 1.99. The van der Waals surface area contributed by atoms with E-state index in [9.17, 15) is 4.79 Å². The van der Waals surface area contributed by atoms with Gasteiger partial charge in [0.25, 0.3) is 0 Å². The van der Waals surface area contributed by atoms with Crippen LogP contribution in [0, 0.1) is 0 Å². The van der Waals surface area contributed by atoms with E-state index in [4.69, 9.17) is 0 Å². The number of amides is 1. The van der Waals surface area contributed by atoms with Gasteiger partial charge in [0.05, 0.1) is 0 Å². The van der Waals surface area contributed by atoms with Crippen LogP contribution in [0.1, 0.15) is 33.6 Å². The van der Waals surface area contributed by atoms with Gasteiger partial charge < -0.3 is 5.32 Å².